The van der Waals surface area contributed by atoms with Gasteiger partial charge in [-0.2, -0.15) is 0 Å². The van der Waals surface area contributed by atoms with Crippen molar-refractivity contribution in [3.8, 4) is 0 Å². The normalized spacial score (nSPS) is 0. The first kappa shape index (κ1) is 52.8. The Balaban J connectivity index is 0. The van der Waals surface area contributed by atoms with Crippen LogP contribution in [0.15, 0.2) is 0 Å². The largest absolute Gasteiger partial charge is 2.00 e. The first-order valence-corrected chi connectivity index (χ1v) is 0. The van der Waals surface area contributed by atoms with Crippen LogP contribution in [-0.4, -0.2) is 27.3 Å². The van der Waals surface area contributed by atoms with Crippen molar-refractivity contribution in [3.63, 3.8) is 0 Å². The Labute approximate surface area is 82.4 Å². The van der Waals surface area contributed by atoms with Crippen LogP contribution in [0, 0.1) is 0 Å². The van der Waals surface area contributed by atoms with Gasteiger partial charge < -0.3 is 37.2 Å². The summed E-state index contributed by atoms with van der Waals surface area (Å²) in [5, 5.41) is 0. The third-order valence-electron chi connectivity index (χ3n) is 0. The molecule has 0 saturated heterocycles. The Kier molecular flexibility index (Phi) is 343. The summed E-state index contributed by atoms with van der Waals surface area (Å²) in [5.41, 5.74) is 0. The van der Waals surface area contributed by atoms with E-state index in [1.165, 1.54) is 0 Å². The summed E-state index contributed by atoms with van der Waals surface area (Å²) < 4.78 is 0. The second-order valence-electron chi connectivity index (χ2n) is 0. The standard InChI is InChI=1S/3ClH.Li.Pb/h3*1H;;/q;;;+1;+2/p-3. The summed E-state index contributed by atoms with van der Waals surface area (Å²) in [7, 11) is 0. The zero-order chi connectivity index (χ0) is 0. The van der Waals surface area contributed by atoms with Gasteiger partial charge in [0, 0.05) is 0 Å². The zero-order valence-corrected chi connectivity index (χ0v) is 8.79. The molecule has 0 nitrogen and oxygen atoms in total. The molecule has 0 unspecified atom stereocenters. The first-order chi connectivity index (χ1) is 0. The molecule has 0 atom stereocenters. The summed E-state index contributed by atoms with van der Waals surface area (Å²) in [6, 6.07) is 0. The minimum Gasteiger partial charge on any atom is -1.00 e. The van der Waals surface area contributed by atoms with Gasteiger partial charge in [-0.1, -0.05) is 0 Å². The Morgan fingerprint density at radius 2 is 0.600 bits per heavy atom. The predicted molar refractivity (Wildman–Crippen MR) is 5.75 cm³/mol. The number of hydrogen-bond acceptors (Lipinski definition) is 0. The molecular weight excluding hydrogens is 320 g/mol. The molecule has 0 fully saturated rings. The Morgan fingerprint density at radius 3 is 0.600 bits per heavy atom. The van der Waals surface area contributed by atoms with Gasteiger partial charge in [0.05, 0.1) is 0 Å². The van der Waals surface area contributed by atoms with Gasteiger partial charge in [0.1, 0.15) is 0 Å². The van der Waals surface area contributed by atoms with E-state index in [0.29, 0.717) is 0 Å². The molecule has 0 aliphatic heterocycles. The number of halogens is 3. The van der Waals surface area contributed by atoms with Crippen molar-refractivity contribution in [2.24, 2.45) is 0 Å². The fourth-order valence-corrected chi connectivity index (χ4v) is 0. The SMILES string of the molecule is [Cl-].[Cl-].[Cl-].[Li+].[Pb+2]. The third-order valence-corrected chi connectivity index (χ3v) is 0. The molecule has 0 aromatic rings. The topological polar surface area (TPSA) is 0 Å². The summed E-state index contributed by atoms with van der Waals surface area (Å²) in [6.45, 7) is 0. The Morgan fingerprint density at radius 1 is 0.600 bits per heavy atom. The molecule has 0 aliphatic carbocycles. The molecule has 0 spiro atoms. The maximum atomic E-state index is 0. The van der Waals surface area contributed by atoms with Gasteiger partial charge in [0.15, 0.2) is 0 Å². The van der Waals surface area contributed by atoms with Crippen molar-refractivity contribution in [1.29, 1.82) is 0 Å². The van der Waals surface area contributed by atoms with Crippen LogP contribution in [-0.2, 0) is 0 Å². The van der Waals surface area contributed by atoms with Crippen LogP contribution in [0.5, 0.6) is 0 Å². The van der Waals surface area contributed by atoms with Crippen molar-refractivity contribution in [1.82, 2.24) is 0 Å². The molecule has 26 valence electrons. The van der Waals surface area contributed by atoms with Gasteiger partial charge in [0.25, 0.3) is 0 Å². The van der Waals surface area contributed by atoms with Gasteiger partial charge in [0.2, 0.25) is 0 Å². The van der Waals surface area contributed by atoms with Crippen molar-refractivity contribution in [2.45, 2.75) is 0 Å². The van der Waals surface area contributed by atoms with E-state index >= 15 is 0 Å². The molecule has 0 amide bonds. The molecule has 0 bridgehead atoms. The van der Waals surface area contributed by atoms with Crippen LogP contribution < -0.4 is 56.1 Å². The summed E-state index contributed by atoms with van der Waals surface area (Å²) >= 11 is 0. The van der Waals surface area contributed by atoms with Gasteiger partial charge in [-0.25, -0.2) is 0 Å². The molecule has 0 rings (SSSR count). The van der Waals surface area contributed by atoms with Crippen LogP contribution in [0.25, 0.3) is 0 Å². The first-order valence-electron chi connectivity index (χ1n) is 0. The van der Waals surface area contributed by atoms with Crippen LogP contribution in [0.2, 0.25) is 0 Å². The molecule has 5 heteroatoms. The third kappa shape index (κ3) is 21.6. The van der Waals surface area contributed by atoms with E-state index in [2.05, 4.69) is 0 Å². The maximum Gasteiger partial charge on any atom is 2.00 e. The maximum absolute atomic E-state index is 0. The number of rotatable bonds is 0. The molecule has 0 aliphatic rings. The second-order valence-corrected chi connectivity index (χ2v) is 0. The smallest absolute Gasteiger partial charge is 1.00 e. The summed E-state index contributed by atoms with van der Waals surface area (Å²) in [6.07, 6.45) is 0. The summed E-state index contributed by atoms with van der Waals surface area (Å²) in [4.78, 5) is 0. The van der Waals surface area contributed by atoms with Crippen molar-refractivity contribution >= 4 is 27.3 Å². The molecule has 0 aromatic heterocycles. The average molecular weight is 320 g/mol. The minimum atomic E-state index is 0. The van der Waals surface area contributed by atoms with Crippen LogP contribution in [0.1, 0.15) is 0 Å². The van der Waals surface area contributed by atoms with Gasteiger partial charge in [-0.05, 0) is 0 Å². The van der Waals surface area contributed by atoms with E-state index in [1.807, 2.05) is 0 Å². The monoisotopic (exact) mass is 320 g/mol. The zero-order valence-electron chi connectivity index (χ0n) is 2.63. The fraction of sp³-hybridized carbons (Fsp3) is 0. The van der Waals surface area contributed by atoms with Gasteiger partial charge in [-0.3, -0.25) is 0 Å². The molecular formula is Cl3LiPb. The Hall–Kier alpha value is 2.39. The van der Waals surface area contributed by atoms with E-state index in [-0.39, 0.29) is 83.4 Å². The van der Waals surface area contributed by atoms with E-state index < -0.39 is 0 Å². The Bertz CT molecular complexity index is 6.85. The molecule has 0 heterocycles. The molecule has 2 radical (unpaired) electrons. The van der Waals surface area contributed by atoms with Crippen molar-refractivity contribution in [2.75, 3.05) is 0 Å². The average Bonchev–Trinajstić information content (AvgIpc) is 0. The molecule has 0 N–H and O–H groups in total. The summed E-state index contributed by atoms with van der Waals surface area (Å²) in [5.74, 6) is 0. The van der Waals surface area contributed by atoms with Crippen LogP contribution >= 0.6 is 0 Å². The minimum absolute atomic E-state index is 0. The van der Waals surface area contributed by atoms with Crippen molar-refractivity contribution in [3.05, 3.63) is 0 Å². The van der Waals surface area contributed by atoms with Gasteiger partial charge >= 0.3 is 46.2 Å². The second kappa shape index (κ2) is 32.5. The van der Waals surface area contributed by atoms with E-state index in [0.717, 1.165) is 0 Å². The number of hydrogen-bond donors (Lipinski definition) is 0. The van der Waals surface area contributed by atoms with E-state index in [1.54, 1.807) is 0 Å². The molecule has 0 saturated carbocycles. The molecule has 0 aromatic carbocycles. The predicted octanol–water partition coefficient (Wildman–Crippen LogP) is -12.4. The van der Waals surface area contributed by atoms with Crippen molar-refractivity contribution < 1.29 is 56.1 Å². The van der Waals surface area contributed by atoms with E-state index in [4.69, 9.17) is 0 Å². The van der Waals surface area contributed by atoms with Gasteiger partial charge in [-0.15, -0.1) is 0 Å². The van der Waals surface area contributed by atoms with Crippen LogP contribution in [0.3, 0.4) is 0 Å². The van der Waals surface area contributed by atoms with Crippen LogP contribution in [0.4, 0.5) is 0 Å². The molecule has 5 heavy (non-hydrogen) atoms. The quantitative estimate of drug-likeness (QED) is 0.389. The van der Waals surface area contributed by atoms with E-state index in [9.17, 15) is 0 Å². The fourth-order valence-electron chi connectivity index (χ4n) is 0.